The minimum absolute atomic E-state index is 0.0610. The Labute approximate surface area is 111 Å². The van der Waals surface area contributed by atoms with Crippen LogP contribution in [0.3, 0.4) is 0 Å². The van der Waals surface area contributed by atoms with Crippen molar-refractivity contribution in [1.82, 2.24) is 0 Å². The zero-order chi connectivity index (χ0) is 14.3. The number of methoxy groups -OCH3 is 2. The molecule has 1 aromatic rings. The number of nitro groups is 1. The molecule has 0 aliphatic carbocycles. The highest BCUT2D eigenvalue weighted by Crippen LogP contribution is 2.37. The largest absolute Gasteiger partial charge is 0.493 e. The van der Waals surface area contributed by atoms with E-state index in [9.17, 15) is 10.1 Å². The van der Waals surface area contributed by atoms with Crippen molar-refractivity contribution in [2.45, 2.75) is 6.92 Å². The molecule has 0 spiro atoms. The van der Waals surface area contributed by atoms with Crippen LogP contribution in [0.5, 0.6) is 11.5 Å². The topological polar surface area (TPSA) is 82.9 Å². The first-order valence-corrected chi connectivity index (χ1v) is 5.86. The van der Waals surface area contributed by atoms with Gasteiger partial charge in [0.15, 0.2) is 11.5 Å². The lowest BCUT2D eigenvalue weighted by Crippen LogP contribution is -2.10. The predicted molar refractivity (Wildman–Crippen MR) is 71.2 cm³/mol. The van der Waals surface area contributed by atoms with Crippen LogP contribution in [-0.4, -0.2) is 38.9 Å². The molecule has 0 saturated carbocycles. The summed E-state index contributed by atoms with van der Waals surface area (Å²) in [6.07, 6.45) is 0. The van der Waals surface area contributed by atoms with Crippen molar-refractivity contribution in [2.75, 3.05) is 39.3 Å². The fraction of sp³-hybridized carbons (Fsp3) is 0.500. The van der Waals surface area contributed by atoms with E-state index < -0.39 is 4.92 Å². The average molecular weight is 270 g/mol. The van der Waals surface area contributed by atoms with Gasteiger partial charge < -0.3 is 19.5 Å². The Balaban J connectivity index is 2.96. The van der Waals surface area contributed by atoms with Crippen molar-refractivity contribution in [3.05, 3.63) is 22.2 Å². The van der Waals surface area contributed by atoms with Crippen molar-refractivity contribution in [2.24, 2.45) is 0 Å². The summed E-state index contributed by atoms with van der Waals surface area (Å²) >= 11 is 0. The molecule has 0 heterocycles. The fourth-order valence-corrected chi connectivity index (χ4v) is 1.56. The summed E-state index contributed by atoms with van der Waals surface area (Å²) in [6.45, 7) is 3.45. The second-order valence-electron chi connectivity index (χ2n) is 3.61. The first-order chi connectivity index (χ1) is 9.13. The minimum atomic E-state index is -0.467. The first kappa shape index (κ1) is 15.0. The van der Waals surface area contributed by atoms with Crippen molar-refractivity contribution in [3.8, 4) is 11.5 Å². The van der Waals surface area contributed by atoms with Gasteiger partial charge in [-0.3, -0.25) is 10.1 Å². The Bertz CT molecular complexity index is 436. The SMILES string of the molecule is CCOCCNc1cc(OC)c(OC)cc1[N+](=O)[O-]. The Hall–Kier alpha value is -2.02. The molecule has 1 aromatic carbocycles. The molecule has 0 aromatic heterocycles. The van der Waals surface area contributed by atoms with Gasteiger partial charge in [-0.1, -0.05) is 0 Å². The number of benzene rings is 1. The predicted octanol–water partition coefficient (Wildman–Crippen LogP) is 2.06. The van der Waals surface area contributed by atoms with Gasteiger partial charge in [0.25, 0.3) is 5.69 Å². The van der Waals surface area contributed by atoms with Gasteiger partial charge in [-0.15, -0.1) is 0 Å². The minimum Gasteiger partial charge on any atom is -0.493 e. The molecule has 0 unspecified atom stereocenters. The highest BCUT2D eigenvalue weighted by atomic mass is 16.6. The van der Waals surface area contributed by atoms with E-state index in [1.54, 1.807) is 6.07 Å². The number of nitro benzene ring substituents is 1. The summed E-state index contributed by atoms with van der Waals surface area (Å²) in [4.78, 5) is 10.5. The van der Waals surface area contributed by atoms with Gasteiger partial charge in [0.1, 0.15) is 5.69 Å². The van der Waals surface area contributed by atoms with Crippen LogP contribution in [0.15, 0.2) is 12.1 Å². The summed E-state index contributed by atoms with van der Waals surface area (Å²) in [5, 5.41) is 14.0. The summed E-state index contributed by atoms with van der Waals surface area (Å²) in [5.74, 6) is 0.761. The second kappa shape index (κ2) is 7.42. The maximum Gasteiger partial charge on any atom is 0.296 e. The van der Waals surface area contributed by atoms with E-state index in [0.717, 1.165) is 0 Å². The number of anilines is 1. The summed E-state index contributed by atoms with van der Waals surface area (Å²) < 4.78 is 15.3. The van der Waals surface area contributed by atoms with Crippen LogP contribution in [0.1, 0.15) is 6.92 Å². The first-order valence-electron chi connectivity index (χ1n) is 5.86. The molecule has 7 nitrogen and oxygen atoms in total. The molecule has 1 rings (SSSR count). The molecule has 1 N–H and O–H groups in total. The molecular weight excluding hydrogens is 252 g/mol. The Morgan fingerprint density at radius 3 is 2.42 bits per heavy atom. The van der Waals surface area contributed by atoms with E-state index in [0.29, 0.717) is 36.9 Å². The zero-order valence-corrected chi connectivity index (χ0v) is 11.3. The molecule has 0 amide bonds. The van der Waals surface area contributed by atoms with E-state index in [4.69, 9.17) is 14.2 Å². The monoisotopic (exact) mass is 270 g/mol. The van der Waals surface area contributed by atoms with Crippen LogP contribution in [0, 0.1) is 10.1 Å². The summed E-state index contributed by atoms with van der Waals surface area (Å²) in [5.41, 5.74) is 0.316. The maximum absolute atomic E-state index is 11.0. The molecular formula is C12H18N2O5. The van der Waals surface area contributed by atoms with Gasteiger partial charge in [-0.25, -0.2) is 0 Å². The van der Waals surface area contributed by atoms with Crippen LogP contribution in [-0.2, 0) is 4.74 Å². The standard InChI is InChI=1S/C12H18N2O5/c1-4-19-6-5-13-9-7-11(17-2)12(18-3)8-10(9)14(15)16/h7-8,13H,4-6H2,1-3H3. The Morgan fingerprint density at radius 1 is 1.26 bits per heavy atom. The van der Waals surface area contributed by atoms with Crippen LogP contribution >= 0.6 is 0 Å². The van der Waals surface area contributed by atoms with Crippen molar-refractivity contribution in [3.63, 3.8) is 0 Å². The molecule has 106 valence electrons. The van der Waals surface area contributed by atoms with E-state index in [1.807, 2.05) is 6.92 Å². The quantitative estimate of drug-likeness (QED) is 0.442. The molecule has 0 bridgehead atoms. The van der Waals surface area contributed by atoms with E-state index in [2.05, 4.69) is 5.32 Å². The lowest BCUT2D eigenvalue weighted by Gasteiger charge is -2.12. The summed E-state index contributed by atoms with van der Waals surface area (Å²) in [7, 11) is 2.91. The van der Waals surface area contributed by atoms with Crippen molar-refractivity contribution < 1.29 is 19.1 Å². The van der Waals surface area contributed by atoms with Gasteiger partial charge in [0.2, 0.25) is 0 Å². The van der Waals surface area contributed by atoms with Gasteiger partial charge in [-0.05, 0) is 6.92 Å². The van der Waals surface area contributed by atoms with Gasteiger partial charge in [0, 0.05) is 19.2 Å². The number of nitrogens with zero attached hydrogens (tertiary/aromatic N) is 1. The number of ether oxygens (including phenoxy) is 3. The average Bonchev–Trinajstić information content (AvgIpc) is 2.42. The maximum atomic E-state index is 11.0. The summed E-state index contributed by atoms with van der Waals surface area (Å²) in [6, 6.07) is 2.88. The van der Waals surface area contributed by atoms with Crippen LogP contribution in [0.25, 0.3) is 0 Å². The second-order valence-corrected chi connectivity index (χ2v) is 3.61. The van der Waals surface area contributed by atoms with Gasteiger partial charge >= 0.3 is 0 Å². The van der Waals surface area contributed by atoms with E-state index in [1.165, 1.54) is 20.3 Å². The number of rotatable bonds is 8. The van der Waals surface area contributed by atoms with Crippen LogP contribution in [0.2, 0.25) is 0 Å². The Kier molecular flexibility index (Phi) is 5.87. The van der Waals surface area contributed by atoms with Crippen molar-refractivity contribution >= 4 is 11.4 Å². The molecule has 0 atom stereocenters. The lowest BCUT2D eigenvalue weighted by atomic mass is 10.2. The normalized spacial score (nSPS) is 10.1. The fourth-order valence-electron chi connectivity index (χ4n) is 1.56. The van der Waals surface area contributed by atoms with E-state index in [-0.39, 0.29) is 5.69 Å². The zero-order valence-electron chi connectivity index (χ0n) is 11.3. The number of hydrogen-bond donors (Lipinski definition) is 1. The lowest BCUT2D eigenvalue weighted by molar-refractivity contribution is -0.384. The third kappa shape index (κ3) is 3.99. The Morgan fingerprint density at radius 2 is 1.89 bits per heavy atom. The molecule has 0 aliphatic heterocycles. The molecule has 0 fully saturated rings. The number of nitrogens with one attached hydrogen (secondary N) is 1. The molecule has 0 radical (unpaired) electrons. The van der Waals surface area contributed by atoms with Gasteiger partial charge in [-0.2, -0.15) is 0 Å². The third-order valence-electron chi connectivity index (χ3n) is 2.46. The van der Waals surface area contributed by atoms with Crippen molar-refractivity contribution in [1.29, 1.82) is 0 Å². The van der Waals surface area contributed by atoms with Gasteiger partial charge in [0.05, 0.1) is 31.8 Å². The highest BCUT2D eigenvalue weighted by molar-refractivity contribution is 5.68. The number of hydrogen-bond acceptors (Lipinski definition) is 6. The molecule has 0 aliphatic rings. The third-order valence-corrected chi connectivity index (χ3v) is 2.46. The molecule has 7 heteroatoms. The molecule has 19 heavy (non-hydrogen) atoms. The smallest absolute Gasteiger partial charge is 0.296 e. The van der Waals surface area contributed by atoms with Crippen LogP contribution in [0.4, 0.5) is 11.4 Å². The highest BCUT2D eigenvalue weighted by Gasteiger charge is 2.19. The van der Waals surface area contributed by atoms with Crippen LogP contribution < -0.4 is 14.8 Å². The molecule has 0 saturated heterocycles. The van der Waals surface area contributed by atoms with E-state index >= 15 is 0 Å².